The monoisotopic (exact) mass is 374 g/mol. The highest BCUT2D eigenvalue weighted by atomic mass is 16.6. The maximum absolute atomic E-state index is 12.4. The molecule has 1 aliphatic rings. The molecule has 1 aliphatic heterocycles. The zero-order chi connectivity index (χ0) is 19.5. The second kappa shape index (κ2) is 6.20. The molecule has 3 heterocycles. The molecule has 0 saturated carbocycles. The molecule has 1 aromatic carbocycles. The summed E-state index contributed by atoms with van der Waals surface area (Å²) in [4.78, 5) is 35.6. The van der Waals surface area contributed by atoms with Gasteiger partial charge in [0.05, 0.1) is 17.6 Å². The van der Waals surface area contributed by atoms with Gasteiger partial charge in [0.2, 0.25) is 0 Å². The van der Waals surface area contributed by atoms with E-state index in [2.05, 4.69) is 15.0 Å². The van der Waals surface area contributed by atoms with E-state index in [1.807, 2.05) is 13.8 Å². The van der Waals surface area contributed by atoms with Crippen LogP contribution < -0.4 is 11.2 Å². The Hall–Kier alpha value is -2.66. The average Bonchev–Trinajstić information content (AvgIpc) is 2.90. The van der Waals surface area contributed by atoms with E-state index in [-0.39, 0.29) is 11.2 Å². The molecule has 2 aromatic heterocycles. The number of aryl methyl sites for hydroxylation is 2. The van der Waals surface area contributed by atoms with Crippen molar-refractivity contribution in [3.05, 3.63) is 44.1 Å². The van der Waals surface area contributed by atoms with Crippen LogP contribution >= 0.6 is 0 Å². The molecular formula is C17H18N4O6. The zero-order valence-electron chi connectivity index (χ0n) is 14.6. The SMILES string of the molecule is Cc1cc2nc3c(=O)[nH]c(=O)n(C4OC(CO)C(O)C4O)c3nc2cc1C. The minimum Gasteiger partial charge on any atom is -0.394 e. The highest BCUT2D eigenvalue weighted by molar-refractivity contribution is 5.85. The van der Waals surface area contributed by atoms with Crippen LogP contribution in [0, 0.1) is 13.8 Å². The van der Waals surface area contributed by atoms with E-state index >= 15 is 0 Å². The Kier molecular flexibility index (Phi) is 4.07. The number of hydrogen-bond acceptors (Lipinski definition) is 8. The smallest absolute Gasteiger partial charge is 0.332 e. The van der Waals surface area contributed by atoms with Crippen LogP contribution in [0.15, 0.2) is 21.7 Å². The van der Waals surface area contributed by atoms with E-state index in [0.29, 0.717) is 11.0 Å². The van der Waals surface area contributed by atoms with Gasteiger partial charge in [-0.25, -0.2) is 19.3 Å². The second-order valence-electron chi connectivity index (χ2n) is 6.68. The number of aromatic amines is 1. The van der Waals surface area contributed by atoms with Crippen molar-refractivity contribution in [2.45, 2.75) is 38.4 Å². The summed E-state index contributed by atoms with van der Waals surface area (Å²) in [6.07, 6.45) is -5.29. The van der Waals surface area contributed by atoms with Crippen molar-refractivity contribution in [2.75, 3.05) is 6.61 Å². The Morgan fingerprint density at radius 1 is 1.11 bits per heavy atom. The topological polar surface area (TPSA) is 151 Å². The van der Waals surface area contributed by atoms with E-state index in [9.17, 15) is 24.9 Å². The number of benzene rings is 1. The molecule has 0 amide bonds. The molecule has 4 unspecified atom stereocenters. The molecule has 142 valence electrons. The van der Waals surface area contributed by atoms with Crippen molar-refractivity contribution in [3.8, 4) is 0 Å². The molecule has 1 saturated heterocycles. The molecule has 10 nitrogen and oxygen atoms in total. The fourth-order valence-corrected chi connectivity index (χ4v) is 3.26. The Labute approximate surface area is 151 Å². The van der Waals surface area contributed by atoms with Crippen molar-refractivity contribution >= 4 is 22.2 Å². The summed E-state index contributed by atoms with van der Waals surface area (Å²) in [6.45, 7) is 3.26. The van der Waals surface area contributed by atoms with Gasteiger partial charge in [-0.05, 0) is 37.1 Å². The third kappa shape index (κ3) is 2.65. The molecule has 27 heavy (non-hydrogen) atoms. The van der Waals surface area contributed by atoms with E-state index in [4.69, 9.17) is 4.74 Å². The normalized spacial score (nSPS) is 25.5. The van der Waals surface area contributed by atoms with Crippen LogP contribution in [-0.2, 0) is 4.74 Å². The van der Waals surface area contributed by atoms with Gasteiger partial charge in [-0.1, -0.05) is 0 Å². The van der Waals surface area contributed by atoms with Gasteiger partial charge < -0.3 is 20.1 Å². The van der Waals surface area contributed by atoms with Crippen LogP contribution in [0.2, 0.25) is 0 Å². The summed E-state index contributed by atoms with van der Waals surface area (Å²) < 4.78 is 6.37. The van der Waals surface area contributed by atoms with Crippen molar-refractivity contribution in [1.82, 2.24) is 19.5 Å². The number of nitrogens with zero attached hydrogens (tertiary/aromatic N) is 3. The first-order valence-corrected chi connectivity index (χ1v) is 8.38. The fourth-order valence-electron chi connectivity index (χ4n) is 3.26. The van der Waals surface area contributed by atoms with Gasteiger partial charge in [0.25, 0.3) is 5.56 Å². The molecule has 0 radical (unpaired) electrons. The number of aliphatic hydroxyl groups is 3. The Bertz CT molecular complexity index is 1170. The number of rotatable bonds is 2. The van der Waals surface area contributed by atoms with E-state index < -0.39 is 42.4 Å². The summed E-state index contributed by atoms with van der Waals surface area (Å²) in [5.41, 5.74) is 1.15. The lowest BCUT2D eigenvalue weighted by molar-refractivity contribution is -0.0530. The van der Waals surface area contributed by atoms with E-state index in [1.165, 1.54) is 0 Å². The molecule has 1 fully saturated rings. The number of aromatic nitrogens is 4. The van der Waals surface area contributed by atoms with Gasteiger partial charge in [-0.15, -0.1) is 0 Å². The summed E-state index contributed by atoms with van der Waals surface area (Å²) in [6, 6.07) is 3.57. The van der Waals surface area contributed by atoms with Crippen LogP contribution in [0.4, 0.5) is 0 Å². The van der Waals surface area contributed by atoms with Crippen LogP contribution in [0.25, 0.3) is 22.2 Å². The summed E-state index contributed by atoms with van der Waals surface area (Å²) in [7, 11) is 0. The predicted molar refractivity (Wildman–Crippen MR) is 94.4 cm³/mol. The number of aliphatic hydroxyl groups excluding tert-OH is 3. The lowest BCUT2D eigenvalue weighted by Gasteiger charge is -2.18. The van der Waals surface area contributed by atoms with Crippen molar-refractivity contribution in [1.29, 1.82) is 0 Å². The van der Waals surface area contributed by atoms with Crippen molar-refractivity contribution < 1.29 is 20.1 Å². The quantitative estimate of drug-likeness (QED) is 0.411. The first kappa shape index (κ1) is 17.7. The molecule has 0 aliphatic carbocycles. The third-order valence-corrected chi connectivity index (χ3v) is 4.92. The zero-order valence-corrected chi connectivity index (χ0v) is 14.6. The molecule has 4 N–H and O–H groups in total. The number of hydrogen-bond donors (Lipinski definition) is 4. The maximum Gasteiger partial charge on any atom is 0.332 e. The van der Waals surface area contributed by atoms with Crippen LogP contribution in [0.5, 0.6) is 0 Å². The van der Waals surface area contributed by atoms with Crippen LogP contribution in [-0.4, -0.2) is 59.8 Å². The first-order valence-electron chi connectivity index (χ1n) is 8.38. The largest absolute Gasteiger partial charge is 0.394 e. The molecular weight excluding hydrogens is 356 g/mol. The molecule has 4 rings (SSSR count). The third-order valence-electron chi connectivity index (χ3n) is 4.92. The van der Waals surface area contributed by atoms with Crippen LogP contribution in [0.1, 0.15) is 17.4 Å². The van der Waals surface area contributed by atoms with Gasteiger partial charge in [0.1, 0.15) is 18.3 Å². The van der Waals surface area contributed by atoms with Crippen molar-refractivity contribution in [3.63, 3.8) is 0 Å². The molecule has 3 aromatic rings. The fraction of sp³-hybridized carbons (Fsp3) is 0.412. The minimum atomic E-state index is -1.49. The predicted octanol–water partition coefficient (Wildman–Crippen LogP) is -1.14. The Balaban J connectivity index is 2.03. The van der Waals surface area contributed by atoms with Gasteiger partial charge >= 0.3 is 5.69 Å². The highest BCUT2D eigenvalue weighted by Gasteiger charge is 2.44. The number of fused-ring (bicyclic) bond motifs is 2. The lowest BCUT2D eigenvalue weighted by atomic mass is 10.1. The Morgan fingerprint density at radius 3 is 2.33 bits per heavy atom. The summed E-state index contributed by atoms with van der Waals surface area (Å²) >= 11 is 0. The summed E-state index contributed by atoms with van der Waals surface area (Å²) in [5, 5.41) is 29.5. The highest BCUT2D eigenvalue weighted by Crippen LogP contribution is 2.29. The van der Waals surface area contributed by atoms with Crippen LogP contribution in [0.3, 0.4) is 0 Å². The van der Waals surface area contributed by atoms with E-state index in [0.717, 1.165) is 15.7 Å². The number of H-pyrrole nitrogens is 1. The van der Waals surface area contributed by atoms with Gasteiger partial charge in [-0.3, -0.25) is 9.78 Å². The maximum atomic E-state index is 12.4. The lowest BCUT2D eigenvalue weighted by Crippen LogP contribution is -2.39. The number of ether oxygens (including phenoxy) is 1. The second-order valence-corrected chi connectivity index (χ2v) is 6.68. The molecule has 0 bridgehead atoms. The molecule has 0 spiro atoms. The molecule has 4 atom stereocenters. The van der Waals surface area contributed by atoms with Gasteiger partial charge in [0.15, 0.2) is 17.4 Å². The Morgan fingerprint density at radius 2 is 1.74 bits per heavy atom. The van der Waals surface area contributed by atoms with Gasteiger partial charge in [-0.2, -0.15) is 0 Å². The van der Waals surface area contributed by atoms with Crippen molar-refractivity contribution in [2.24, 2.45) is 0 Å². The minimum absolute atomic E-state index is 0.0747. The average molecular weight is 374 g/mol. The standard InChI is InChI=1S/C17H18N4O6/c1-6-3-8-9(4-7(6)2)19-14-11(18-8)15(25)20-17(26)21(14)16-13(24)12(23)10(5-22)27-16/h3-4,10,12-13,16,22-24H,5H2,1-2H3,(H,20,25,26). The summed E-state index contributed by atoms with van der Waals surface area (Å²) in [5.74, 6) is 0. The number of nitrogens with one attached hydrogen (secondary N) is 1. The van der Waals surface area contributed by atoms with E-state index in [1.54, 1.807) is 12.1 Å². The van der Waals surface area contributed by atoms with Gasteiger partial charge in [0, 0.05) is 0 Å². The molecule has 10 heteroatoms. The first-order chi connectivity index (χ1) is 12.8.